The zero-order chi connectivity index (χ0) is 34.6. The molecule has 0 spiro atoms. The number of fused-ring (bicyclic) bond motifs is 1. The first-order valence-corrected chi connectivity index (χ1v) is 16.8. The molecule has 2 fully saturated rings. The van der Waals surface area contributed by atoms with Gasteiger partial charge in [-0.3, -0.25) is 9.69 Å². The number of carbonyl (C=O) groups excluding carboxylic acids is 2. The highest BCUT2D eigenvalue weighted by molar-refractivity contribution is 6.33. The predicted molar refractivity (Wildman–Crippen MR) is 187 cm³/mol. The molecule has 0 unspecified atom stereocenters. The molecule has 11 nitrogen and oxygen atoms in total. The van der Waals surface area contributed by atoms with Gasteiger partial charge in [-0.2, -0.15) is 0 Å². The molecule has 1 amide bonds. The number of amides is 1. The molecule has 4 N–H and O–H groups in total. The van der Waals surface area contributed by atoms with E-state index in [4.69, 9.17) is 21.4 Å². The van der Waals surface area contributed by atoms with Crippen molar-refractivity contribution in [2.45, 2.75) is 45.2 Å². The normalized spacial score (nSPS) is 16.5. The average Bonchev–Trinajstić information content (AvgIpc) is 3.41. The van der Waals surface area contributed by atoms with E-state index in [0.29, 0.717) is 34.7 Å². The molecule has 6 rings (SSSR count). The highest BCUT2D eigenvalue weighted by atomic mass is 35.5. The maximum absolute atomic E-state index is 13.7. The van der Waals surface area contributed by atoms with Crippen molar-refractivity contribution in [2.24, 2.45) is 5.73 Å². The Morgan fingerprint density at radius 3 is 2.52 bits per heavy atom. The molecule has 0 bridgehead atoms. The summed E-state index contributed by atoms with van der Waals surface area (Å²) in [5.74, 6) is 0.546. The molecular weight excluding hydrogens is 637 g/mol. The minimum atomic E-state index is -0.154. The lowest BCUT2D eigenvalue weighted by Gasteiger charge is -2.36. The molecule has 3 aliphatic rings. The number of hydrogen-bond donors (Lipinski definition) is 3. The fourth-order valence-electron chi connectivity index (χ4n) is 5.89. The lowest BCUT2D eigenvalue weighted by molar-refractivity contribution is -0.108. The van der Waals surface area contributed by atoms with Gasteiger partial charge in [0.2, 0.25) is 5.95 Å². The van der Waals surface area contributed by atoms with Gasteiger partial charge in [-0.05, 0) is 61.2 Å². The van der Waals surface area contributed by atoms with E-state index in [0.717, 1.165) is 87.4 Å². The summed E-state index contributed by atoms with van der Waals surface area (Å²) in [6, 6.07) is 11.2. The molecule has 260 valence electrons. The van der Waals surface area contributed by atoms with E-state index in [1.165, 1.54) is 11.9 Å². The van der Waals surface area contributed by atoms with Gasteiger partial charge in [0.15, 0.2) is 0 Å². The second-order valence-corrected chi connectivity index (χ2v) is 12.5. The molecule has 2 aromatic carbocycles. The number of β-amino-alcohol motifs (C(OH)–C–C–N with tert-alkyl or cyclic N) is 1. The van der Waals surface area contributed by atoms with E-state index in [1.54, 1.807) is 24.4 Å². The molecule has 48 heavy (non-hydrogen) atoms. The third-order valence-electron chi connectivity index (χ3n) is 8.58. The molecular formula is C35H47ClFN7O4. The Bertz CT molecular complexity index is 1510. The number of aldehydes is 1. The number of aliphatic hydroxyl groups is 1. The van der Waals surface area contributed by atoms with Crippen LogP contribution in [0.5, 0.6) is 0 Å². The summed E-state index contributed by atoms with van der Waals surface area (Å²) in [5, 5.41) is 12.7. The fourth-order valence-corrected chi connectivity index (χ4v) is 6.09. The predicted octanol–water partition coefficient (Wildman–Crippen LogP) is 4.18. The van der Waals surface area contributed by atoms with Crippen LogP contribution in [0.3, 0.4) is 0 Å². The van der Waals surface area contributed by atoms with Gasteiger partial charge in [0.1, 0.15) is 12.1 Å². The quantitative estimate of drug-likeness (QED) is 0.282. The Morgan fingerprint density at radius 1 is 1.12 bits per heavy atom. The van der Waals surface area contributed by atoms with Gasteiger partial charge in [-0.1, -0.05) is 37.6 Å². The van der Waals surface area contributed by atoms with Gasteiger partial charge < -0.3 is 35.5 Å². The van der Waals surface area contributed by atoms with E-state index >= 15 is 0 Å². The number of aliphatic hydroxyl groups excluding tert-OH is 1. The number of benzene rings is 2. The van der Waals surface area contributed by atoms with E-state index in [2.05, 4.69) is 50.7 Å². The second-order valence-electron chi connectivity index (χ2n) is 12.1. The highest BCUT2D eigenvalue weighted by Gasteiger charge is 2.28. The summed E-state index contributed by atoms with van der Waals surface area (Å²) in [4.78, 5) is 38.0. The maximum atomic E-state index is 13.7. The van der Waals surface area contributed by atoms with Gasteiger partial charge in [0, 0.05) is 75.3 Å². The fraction of sp³-hybridized carbons (Fsp3) is 0.486. The molecule has 0 radical (unpaired) electrons. The van der Waals surface area contributed by atoms with Gasteiger partial charge in [0.25, 0.3) is 5.91 Å². The molecule has 4 heterocycles. The van der Waals surface area contributed by atoms with Crippen LogP contribution in [0.1, 0.15) is 54.1 Å². The Morgan fingerprint density at radius 2 is 1.85 bits per heavy atom. The van der Waals surface area contributed by atoms with Crippen LogP contribution in [-0.2, 0) is 16.1 Å². The van der Waals surface area contributed by atoms with Crippen LogP contribution in [0.4, 0.5) is 16.0 Å². The van der Waals surface area contributed by atoms with Crippen LogP contribution >= 0.6 is 11.6 Å². The topological polar surface area (TPSA) is 137 Å². The number of ether oxygens (including phenoxy) is 1. The molecule has 1 aromatic heterocycles. The lowest BCUT2D eigenvalue weighted by atomic mass is 10.0. The Balaban J connectivity index is 0.000000218. The smallest absolute Gasteiger partial charge is 0.254 e. The minimum Gasteiger partial charge on any atom is -0.395 e. The first-order chi connectivity index (χ1) is 23.2. The molecule has 0 aliphatic carbocycles. The van der Waals surface area contributed by atoms with Crippen molar-refractivity contribution in [3.8, 4) is 11.3 Å². The number of halogens is 2. The van der Waals surface area contributed by atoms with Gasteiger partial charge in [0.05, 0.1) is 30.1 Å². The highest BCUT2D eigenvalue weighted by Crippen LogP contribution is 2.31. The summed E-state index contributed by atoms with van der Waals surface area (Å²) in [5.41, 5.74) is 9.34. The zero-order valence-electron chi connectivity index (χ0n) is 28.0. The summed E-state index contributed by atoms with van der Waals surface area (Å²) in [6.07, 6.45) is 4.11. The van der Waals surface area contributed by atoms with E-state index in [-0.39, 0.29) is 30.9 Å². The number of anilines is 2. The Hall–Kier alpha value is -3.68. The first kappa shape index (κ1) is 37.1. The monoisotopic (exact) mass is 683 g/mol. The third kappa shape index (κ3) is 9.70. The van der Waals surface area contributed by atoms with Crippen LogP contribution < -0.4 is 16.0 Å². The SMILES string of the molecule is CC(C)c1cc(F)cc(N2CCN(CCO)CC2)c1.CN.O=CCN1Cc2ccc(-c3nc(NC4CCOCC4)ncc3Cl)cc2C1=O. The Labute approximate surface area is 287 Å². The number of nitrogens with zero attached hydrogens (tertiary/aromatic N) is 5. The van der Waals surface area contributed by atoms with Gasteiger partial charge >= 0.3 is 0 Å². The number of nitrogens with one attached hydrogen (secondary N) is 1. The van der Waals surface area contributed by atoms with Crippen molar-refractivity contribution in [3.05, 3.63) is 70.1 Å². The number of hydrogen-bond acceptors (Lipinski definition) is 10. The lowest BCUT2D eigenvalue weighted by Crippen LogP contribution is -2.47. The Kier molecular flexibility index (Phi) is 14.1. The first-order valence-electron chi connectivity index (χ1n) is 16.4. The standard InChI is InChI=1S/C19H19ClN4O3.C15H23FN2O.CH5N/c20-16-10-21-19(22-14-3-7-27-8-4-14)23-17(16)12-1-2-13-11-24(5-6-25)18(26)15(13)9-12;1-12(2)13-9-14(16)11-15(10-13)18-5-3-17(4-6-18)7-8-19;1-2/h1-2,6,9-10,14H,3-5,7-8,11H2,(H,21,22,23);9-12,19H,3-8H2,1-2H3;2H2,1H3. The van der Waals surface area contributed by atoms with Gasteiger partial charge in [-0.15, -0.1) is 0 Å². The van der Waals surface area contributed by atoms with Gasteiger partial charge in [-0.25, -0.2) is 14.4 Å². The van der Waals surface area contributed by atoms with Crippen LogP contribution in [0.25, 0.3) is 11.3 Å². The largest absolute Gasteiger partial charge is 0.395 e. The average molecular weight is 684 g/mol. The number of rotatable bonds is 9. The van der Waals surface area contributed by atoms with Crippen LogP contribution in [-0.4, -0.2) is 109 Å². The van der Waals surface area contributed by atoms with E-state index in [9.17, 15) is 14.0 Å². The summed E-state index contributed by atoms with van der Waals surface area (Å²) < 4.78 is 19.0. The van der Waals surface area contributed by atoms with Crippen molar-refractivity contribution in [2.75, 3.05) is 76.4 Å². The molecule has 0 atom stereocenters. The van der Waals surface area contributed by atoms with Crippen LogP contribution in [0.2, 0.25) is 5.02 Å². The molecule has 13 heteroatoms. The molecule has 2 saturated heterocycles. The van der Waals surface area contributed by atoms with Crippen molar-refractivity contribution in [1.82, 2.24) is 19.8 Å². The van der Waals surface area contributed by atoms with E-state index in [1.807, 2.05) is 12.1 Å². The zero-order valence-corrected chi connectivity index (χ0v) is 28.8. The molecule has 3 aliphatic heterocycles. The van der Waals surface area contributed by atoms with Crippen LogP contribution in [0.15, 0.2) is 42.6 Å². The number of carbonyl (C=O) groups is 2. The summed E-state index contributed by atoms with van der Waals surface area (Å²) >= 11 is 6.32. The van der Waals surface area contributed by atoms with Crippen molar-refractivity contribution >= 4 is 35.4 Å². The number of nitrogens with two attached hydrogens (primary N) is 1. The van der Waals surface area contributed by atoms with Crippen molar-refractivity contribution < 1.29 is 23.8 Å². The van der Waals surface area contributed by atoms with Crippen molar-refractivity contribution in [1.29, 1.82) is 0 Å². The number of aromatic nitrogens is 2. The minimum absolute atomic E-state index is 0.0935. The van der Waals surface area contributed by atoms with Crippen LogP contribution in [0, 0.1) is 5.82 Å². The van der Waals surface area contributed by atoms with E-state index < -0.39 is 0 Å². The number of piperazine rings is 1. The molecule has 0 saturated carbocycles. The summed E-state index contributed by atoms with van der Waals surface area (Å²) in [7, 11) is 1.50. The molecule has 3 aromatic rings. The second kappa shape index (κ2) is 18.2. The van der Waals surface area contributed by atoms with Crippen molar-refractivity contribution in [3.63, 3.8) is 0 Å². The third-order valence-corrected chi connectivity index (χ3v) is 8.86. The summed E-state index contributed by atoms with van der Waals surface area (Å²) in [6.45, 7) is 10.7. The maximum Gasteiger partial charge on any atom is 0.254 e.